The van der Waals surface area contributed by atoms with Crippen LogP contribution in [0.2, 0.25) is 0 Å². The molecule has 1 aliphatic rings. The number of fused-ring (bicyclic) bond motifs is 1. The smallest absolute Gasteiger partial charge is 0.347 e. The maximum Gasteiger partial charge on any atom is 0.347 e. The van der Waals surface area contributed by atoms with Gasteiger partial charge in [0.15, 0.2) is 6.10 Å². The topological polar surface area (TPSA) is 61.5 Å². The molecule has 104 valence electrons. The van der Waals surface area contributed by atoms with E-state index in [0.717, 1.165) is 24.8 Å². The molecular weight excluding hydrogens is 242 g/mol. The van der Waals surface area contributed by atoms with Gasteiger partial charge in [0.2, 0.25) is 0 Å². The number of ether oxygens (including phenoxy) is 2. The van der Waals surface area contributed by atoms with E-state index in [4.69, 9.17) is 15.2 Å². The Hall–Kier alpha value is -1.55. The van der Waals surface area contributed by atoms with Crippen molar-refractivity contribution in [1.82, 2.24) is 0 Å². The molecule has 2 atom stereocenters. The summed E-state index contributed by atoms with van der Waals surface area (Å²) >= 11 is 0. The predicted molar refractivity (Wildman–Crippen MR) is 73.0 cm³/mol. The summed E-state index contributed by atoms with van der Waals surface area (Å²) in [5, 5.41) is 0. The Morgan fingerprint density at radius 3 is 3.05 bits per heavy atom. The number of aryl methyl sites for hydroxylation is 1. The number of hydrogen-bond acceptors (Lipinski definition) is 4. The number of rotatable bonds is 4. The predicted octanol–water partition coefficient (Wildman–Crippen LogP) is 2.35. The van der Waals surface area contributed by atoms with Crippen molar-refractivity contribution in [2.45, 2.75) is 45.3 Å². The molecule has 2 rings (SSSR count). The fraction of sp³-hybridized carbons (Fsp3) is 0.533. The lowest BCUT2D eigenvalue weighted by molar-refractivity contribution is -0.150. The van der Waals surface area contributed by atoms with E-state index in [-0.39, 0.29) is 12.0 Å². The van der Waals surface area contributed by atoms with Crippen LogP contribution in [0.4, 0.5) is 0 Å². The Balaban J connectivity index is 2.09. The molecule has 0 saturated heterocycles. The van der Waals surface area contributed by atoms with Crippen LogP contribution in [0.25, 0.3) is 0 Å². The van der Waals surface area contributed by atoms with Crippen LogP contribution in [-0.4, -0.2) is 18.7 Å². The van der Waals surface area contributed by atoms with Crippen LogP contribution in [0.3, 0.4) is 0 Å². The molecule has 0 saturated carbocycles. The van der Waals surface area contributed by atoms with Gasteiger partial charge in [-0.25, -0.2) is 4.79 Å². The molecule has 4 nitrogen and oxygen atoms in total. The summed E-state index contributed by atoms with van der Waals surface area (Å²) in [7, 11) is 0. The van der Waals surface area contributed by atoms with Gasteiger partial charge in [0, 0.05) is 6.04 Å². The molecule has 0 bridgehead atoms. The van der Waals surface area contributed by atoms with Gasteiger partial charge in [-0.15, -0.1) is 0 Å². The fourth-order valence-electron chi connectivity index (χ4n) is 2.40. The minimum Gasteiger partial charge on any atom is -0.479 e. The van der Waals surface area contributed by atoms with E-state index in [0.29, 0.717) is 12.4 Å². The summed E-state index contributed by atoms with van der Waals surface area (Å²) in [6.45, 7) is 3.83. The van der Waals surface area contributed by atoms with Crippen molar-refractivity contribution in [3.05, 3.63) is 29.3 Å². The molecule has 0 fully saturated rings. The standard InChI is InChI=1S/C15H21NO3/c1-3-18-15(17)10(2)19-12-8-7-11-5-4-6-14(16)13(11)9-12/h7-10,14H,3-6,16H2,1-2H3/t10?,14-/m0/s1. The monoisotopic (exact) mass is 263 g/mol. The van der Waals surface area contributed by atoms with Crippen LogP contribution in [0.15, 0.2) is 18.2 Å². The van der Waals surface area contributed by atoms with Gasteiger partial charge in [0.05, 0.1) is 6.61 Å². The molecule has 1 aromatic carbocycles. The summed E-state index contributed by atoms with van der Waals surface area (Å²) in [4.78, 5) is 11.5. The van der Waals surface area contributed by atoms with E-state index in [2.05, 4.69) is 0 Å². The highest BCUT2D eigenvalue weighted by Gasteiger charge is 2.20. The SMILES string of the molecule is CCOC(=O)C(C)Oc1ccc2c(c1)[C@@H](N)CCC2. The lowest BCUT2D eigenvalue weighted by atomic mass is 9.88. The third-order valence-electron chi connectivity index (χ3n) is 3.41. The average Bonchev–Trinajstić information content (AvgIpc) is 2.40. The van der Waals surface area contributed by atoms with Crippen LogP contribution in [-0.2, 0) is 16.0 Å². The highest BCUT2D eigenvalue weighted by Crippen LogP contribution is 2.31. The lowest BCUT2D eigenvalue weighted by Gasteiger charge is -2.23. The number of hydrogen-bond donors (Lipinski definition) is 1. The lowest BCUT2D eigenvalue weighted by Crippen LogP contribution is -2.26. The maximum atomic E-state index is 11.5. The molecule has 1 aromatic rings. The first kappa shape index (κ1) is 13.9. The highest BCUT2D eigenvalue weighted by molar-refractivity contribution is 5.74. The molecule has 2 N–H and O–H groups in total. The van der Waals surface area contributed by atoms with Crippen LogP contribution in [0.5, 0.6) is 5.75 Å². The number of carbonyl (C=O) groups excluding carboxylic acids is 1. The summed E-state index contributed by atoms with van der Waals surface area (Å²) in [6, 6.07) is 5.97. The Bertz CT molecular complexity index is 459. The van der Waals surface area contributed by atoms with Crippen molar-refractivity contribution in [2.75, 3.05) is 6.61 Å². The Morgan fingerprint density at radius 1 is 1.53 bits per heavy atom. The van der Waals surface area contributed by atoms with Crippen molar-refractivity contribution < 1.29 is 14.3 Å². The summed E-state index contributed by atoms with van der Waals surface area (Å²) in [5.74, 6) is 0.334. The van der Waals surface area contributed by atoms with Gasteiger partial charge in [-0.3, -0.25) is 0 Å². The minimum atomic E-state index is -0.599. The van der Waals surface area contributed by atoms with Gasteiger partial charge in [-0.05, 0) is 56.4 Å². The minimum absolute atomic E-state index is 0.0743. The molecule has 4 heteroatoms. The molecule has 19 heavy (non-hydrogen) atoms. The van der Waals surface area contributed by atoms with Crippen molar-refractivity contribution in [3.63, 3.8) is 0 Å². The van der Waals surface area contributed by atoms with Crippen LogP contribution in [0.1, 0.15) is 43.9 Å². The first-order valence-corrected chi connectivity index (χ1v) is 6.83. The number of benzene rings is 1. The molecule has 0 aromatic heterocycles. The third-order valence-corrected chi connectivity index (χ3v) is 3.41. The largest absolute Gasteiger partial charge is 0.479 e. The molecule has 0 radical (unpaired) electrons. The van der Waals surface area contributed by atoms with Gasteiger partial charge >= 0.3 is 5.97 Å². The summed E-state index contributed by atoms with van der Waals surface area (Å²) in [6.07, 6.45) is 2.60. The average molecular weight is 263 g/mol. The first-order valence-electron chi connectivity index (χ1n) is 6.83. The second-order valence-corrected chi connectivity index (χ2v) is 4.87. The quantitative estimate of drug-likeness (QED) is 0.847. The molecule has 1 aliphatic carbocycles. The van der Waals surface area contributed by atoms with Crippen LogP contribution >= 0.6 is 0 Å². The zero-order valence-corrected chi connectivity index (χ0v) is 11.5. The van der Waals surface area contributed by atoms with E-state index in [1.807, 2.05) is 18.2 Å². The second kappa shape index (κ2) is 6.06. The molecule has 0 heterocycles. The van der Waals surface area contributed by atoms with E-state index in [9.17, 15) is 4.79 Å². The molecule has 1 unspecified atom stereocenters. The highest BCUT2D eigenvalue weighted by atomic mass is 16.6. The number of nitrogens with two attached hydrogens (primary N) is 1. The first-order chi connectivity index (χ1) is 9.11. The van der Waals surface area contributed by atoms with E-state index in [1.54, 1.807) is 13.8 Å². The van der Waals surface area contributed by atoms with Crippen molar-refractivity contribution in [3.8, 4) is 5.75 Å². The van der Waals surface area contributed by atoms with Crippen molar-refractivity contribution >= 4 is 5.97 Å². The van der Waals surface area contributed by atoms with Gasteiger partial charge in [-0.2, -0.15) is 0 Å². The van der Waals surface area contributed by atoms with E-state index in [1.165, 1.54) is 5.56 Å². The Morgan fingerprint density at radius 2 is 2.32 bits per heavy atom. The fourth-order valence-corrected chi connectivity index (χ4v) is 2.40. The Labute approximate surface area is 113 Å². The Kier molecular flexibility index (Phi) is 4.43. The van der Waals surface area contributed by atoms with Crippen LogP contribution in [0, 0.1) is 0 Å². The maximum absolute atomic E-state index is 11.5. The van der Waals surface area contributed by atoms with Crippen LogP contribution < -0.4 is 10.5 Å². The number of esters is 1. The van der Waals surface area contributed by atoms with E-state index < -0.39 is 6.10 Å². The molecular formula is C15H21NO3. The zero-order chi connectivity index (χ0) is 13.8. The zero-order valence-electron chi connectivity index (χ0n) is 11.5. The normalized spacial score (nSPS) is 19.4. The molecule has 0 spiro atoms. The summed E-state index contributed by atoms with van der Waals surface area (Å²) < 4.78 is 10.5. The second-order valence-electron chi connectivity index (χ2n) is 4.87. The van der Waals surface area contributed by atoms with Gasteiger partial charge in [-0.1, -0.05) is 6.07 Å². The van der Waals surface area contributed by atoms with Gasteiger partial charge in [0.25, 0.3) is 0 Å². The number of carbonyl (C=O) groups is 1. The molecule has 0 amide bonds. The summed E-state index contributed by atoms with van der Waals surface area (Å²) in [5.41, 5.74) is 8.53. The van der Waals surface area contributed by atoms with E-state index >= 15 is 0 Å². The van der Waals surface area contributed by atoms with Gasteiger partial charge in [0.1, 0.15) is 5.75 Å². The van der Waals surface area contributed by atoms with Crippen molar-refractivity contribution in [1.29, 1.82) is 0 Å². The van der Waals surface area contributed by atoms with Crippen molar-refractivity contribution in [2.24, 2.45) is 5.73 Å². The van der Waals surface area contributed by atoms with Gasteiger partial charge < -0.3 is 15.2 Å². The molecule has 0 aliphatic heterocycles. The third kappa shape index (κ3) is 3.26.